The van der Waals surface area contributed by atoms with Crippen molar-refractivity contribution in [3.63, 3.8) is 0 Å². The molecule has 8 heterocycles. The lowest BCUT2D eigenvalue weighted by Gasteiger charge is -2.31. The van der Waals surface area contributed by atoms with Crippen molar-refractivity contribution >= 4 is 221 Å². The van der Waals surface area contributed by atoms with Gasteiger partial charge in [-0.1, -0.05) is 255 Å². The molecule has 26 aromatic rings. The smallest absolute Gasteiger partial charge is 0.0620 e. The van der Waals surface area contributed by atoms with Crippen LogP contribution in [0.15, 0.2) is 376 Å². The Balaban J connectivity index is 0.480. The molecule has 2 fully saturated rings. The summed E-state index contributed by atoms with van der Waals surface area (Å²) in [4.78, 5) is 9.79. The average molecular weight is 1700 g/mol. The van der Waals surface area contributed by atoms with E-state index in [4.69, 9.17) is 0 Å². The van der Waals surface area contributed by atoms with E-state index in [1.807, 2.05) is 0 Å². The number of hydrogen-bond acceptors (Lipinski definition) is 4. The first kappa shape index (κ1) is 75.3. The van der Waals surface area contributed by atoms with Gasteiger partial charge in [-0.05, 0) is 257 Å². The molecule has 2 atom stereocenters. The molecule has 0 bridgehead atoms. The number of fused-ring (bicyclic) bond motifs is 24. The van der Waals surface area contributed by atoms with E-state index >= 15 is 0 Å². The number of hydrogen-bond donors (Lipinski definition) is 0. The molecule has 132 heavy (non-hydrogen) atoms. The van der Waals surface area contributed by atoms with E-state index in [-0.39, 0.29) is 0 Å². The van der Waals surface area contributed by atoms with Crippen molar-refractivity contribution in [2.75, 3.05) is 19.6 Å². The Morgan fingerprint density at radius 3 is 0.780 bits per heavy atom. The molecule has 0 radical (unpaired) electrons. The van der Waals surface area contributed by atoms with Gasteiger partial charge < -0.3 is 37.2 Å². The SMILES string of the molecule is Cc1ccc(N(c2ccc(C)cc2)c2ccc3c4cccc5c6cc7c(cc6n(c3c2)c45)c2cccc3c4ccc(N(c5ccc(C)cc5)c5ccc(CC6CCCC(c8ccc(N(c9ccccc9)c9ccc%10c%11cccc%12c%13cc%14c(cc%13n(c%10c9)c%11%12)c9cccc%10c%11ccc(N(c%12ccccc%12)c%12ccc(C%13CCCCC%13)cc%12)cc%11n%14c%109)cc8)C6)cc5)cc4n7c32)cc1. The molecule has 2 saturated carbocycles. The van der Waals surface area contributed by atoms with Gasteiger partial charge in [-0.25, -0.2) is 0 Å². The molecule has 0 amide bonds. The average Bonchev–Trinajstić information content (AvgIpc) is 1.52. The highest BCUT2D eigenvalue weighted by Gasteiger charge is 2.31. The summed E-state index contributed by atoms with van der Waals surface area (Å²) in [5, 5.41) is 20.3. The summed E-state index contributed by atoms with van der Waals surface area (Å²) >= 11 is 0. The summed E-state index contributed by atoms with van der Waals surface area (Å²) < 4.78 is 10.3. The Morgan fingerprint density at radius 2 is 0.462 bits per heavy atom. The van der Waals surface area contributed by atoms with Crippen LogP contribution in [-0.4, -0.2) is 17.6 Å². The number of nitrogens with zero attached hydrogens (tertiary/aromatic N) is 8. The second-order valence-corrected chi connectivity index (χ2v) is 38.4. The van der Waals surface area contributed by atoms with Gasteiger partial charge in [0.1, 0.15) is 0 Å². The van der Waals surface area contributed by atoms with Crippen LogP contribution in [0.5, 0.6) is 0 Å². The molecule has 2 aliphatic rings. The van der Waals surface area contributed by atoms with Gasteiger partial charge in [0.2, 0.25) is 0 Å². The van der Waals surface area contributed by atoms with E-state index in [1.165, 1.54) is 249 Å². The third-order valence-corrected chi connectivity index (χ3v) is 30.7. The van der Waals surface area contributed by atoms with Crippen molar-refractivity contribution in [3.05, 3.63) is 409 Å². The molecular weight excluding hydrogens is 1600 g/mol. The van der Waals surface area contributed by atoms with Crippen molar-refractivity contribution in [2.24, 2.45) is 5.92 Å². The fourth-order valence-corrected chi connectivity index (χ4v) is 24.5. The molecule has 2 aliphatic carbocycles. The summed E-state index contributed by atoms with van der Waals surface area (Å²) in [5.41, 5.74) is 36.6. The van der Waals surface area contributed by atoms with E-state index < -0.39 is 0 Å². The Bertz CT molecular complexity index is 9000. The number of aromatic nitrogens is 4. The molecule has 0 aliphatic heterocycles. The van der Waals surface area contributed by atoms with Crippen LogP contribution in [0, 0.1) is 26.7 Å². The lowest BCUT2D eigenvalue weighted by atomic mass is 9.76. The minimum Gasteiger partial charge on any atom is -0.310 e. The first-order chi connectivity index (χ1) is 65.2. The zero-order valence-corrected chi connectivity index (χ0v) is 74.2. The monoisotopic (exact) mass is 1690 g/mol. The highest BCUT2D eigenvalue weighted by Crippen LogP contribution is 2.53. The third kappa shape index (κ3) is 11.4. The molecule has 8 aromatic heterocycles. The topological polar surface area (TPSA) is 30.6 Å². The maximum Gasteiger partial charge on any atom is 0.0620 e. The van der Waals surface area contributed by atoms with E-state index in [9.17, 15) is 0 Å². The number of rotatable bonds is 16. The van der Waals surface area contributed by atoms with Gasteiger partial charge in [-0.2, -0.15) is 0 Å². The van der Waals surface area contributed by atoms with Gasteiger partial charge in [0.05, 0.1) is 66.2 Å². The van der Waals surface area contributed by atoms with Crippen molar-refractivity contribution in [1.29, 1.82) is 0 Å². The second kappa shape index (κ2) is 29.2. The Morgan fingerprint density at radius 1 is 0.205 bits per heavy atom. The lowest BCUT2D eigenvalue weighted by Crippen LogP contribution is -2.17. The van der Waals surface area contributed by atoms with Gasteiger partial charge in [0.15, 0.2) is 0 Å². The summed E-state index contributed by atoms with van der Waals surface area (Å²) in [6.07, 6.45) is 12.5. The predicted octanol–water partition coefficient (Wildman–Crippen LogP) is 34.7. The zero-order valence-electron chi connectivity index (χ0n) is 74.2. The summed E-state index contributed by atoms with van der Waals surface area (Å²) in [6, 6.07) is 144. The van der Waals surface area contributed by atoms with Gasteiger partial charge >= 0.3 is 0 Å². The maximum absolute atomic E-state index is 2.58. The van der Waals surface area contributed by atoms with Crippen LogP contribution in [0.4, 0.5) is 68.2 Å². The van der Waals surface area contributed by atoms with Crippen LogP contribution < -0.4 is 19.6 Å². The van der Waals surface area contributed by atoms with Crippen LogP contribution in [0.3, 0.4) is 0 Å². The van der Waals surface area contributed by atoms with E-state index in [2.05, 4.69) is 434 Å². The van der Waals surface area contributed by atoms with Crippen LogP contribution in [0.25, 0.3) is 152 Å². The number of aryl methyl sites for hydroxylation is 3. The van der Waals surface area contributed by atoms with Gasteiger partial charge in [0.25, 0.3) is 0 Å². The standard InChI is InChI=1S/C124H94N8/c1-76-34-46-87(47-35-76)127(88-48-36-77(2)37-49-88)95-60-64-99-103-28-16-32-107-111-75-120-112(74-119(111)131(123(103)107)115(99)70-95)108-33-17-29-104-100-65-61-96(71-116(100)132(120)124(104)108)128(89-50-38-78(3)39-51-89)90-52-40-79(41-53-90)66-80-18-13-21-84(67-80)83-44-56-92(57-45-83)126(86-24-11-6-12-25-86)94-59-63-98-102-27-15-31-106-110-72-117-109(73-118(110)130(122(102)106)114(98)69-94)105-30-14-26-101-97-62-58-93(68-113(97)129(117)121(101)105)125(85-22-9-5-10-23-85)91-54-42-82(43-55-91)81-19-7-4-8-20-81/h5-6,9-12,14-17,22-65,68-75,80-81,84H,4,7-8,13,18-21,66-67H2,1-3H3. The number of para-hydroxylation sites is 6. The normalized spacial score (nSPS) is 15.0. The molecule has 630 valence electrons. The molecule has 2 unspecified atom stereocenters. The largest absolute Gasteiger partial charge is 0.310 e. The van der Waals surface area contributed by atoms with Gasteiger partial charge in [-0.15, -0.1) is 0 Å². The molecule has 28 rings (SSSR count). The fourth-order valence-electron chi connectivity index (χ4n) is 24.5. The first-order valence-corrected chi connectivity index (χ1v) is 47.6. The number of anilines is 12. The van der Waals surface area contributed by atoms with Crippen LogP contribution >= 0.6 is 0 Å². The lowest BCUT2D eigenvalue weighted by molar-refractivity contribution is 0.320. The van der Waals surface area contributed by atoms with Gasteiger partial charge in [-0.3, -0.25) is 0 Å². The van der Waals surface area contributed by atoms with Crippen LogP contribution in [-0.2, 0) is 6.42 Å². The Labute approximate surface area is 764 Å². The first-order valence-electron chi connectivity index (χ1n) is 47.6. The molecule has 18 aromatic carbocycles. The van der Waals surface area contributed by atoms with Crippen molar-refractivity contribution in [3.8, 4) is 0 Å². The molecule has 8 heteroatoms. The summed E-state index contributed by atoms with van der Waals surface area (Å²) in [6.45, 7) is 6.51. The third-order valence-electron chi connectivity index (χ3n) is 30.7. The molecule has 8 nitrogen and oxygen atoms in total. The zero-order chi connectivity index (χ0) is 86.8. The summed E-state index contributed by atoms with van der Waals surface area (Å²) in [7, 11) is 0. The van der Waals surface area contributed by atoms with Gasteiger partial charge in [0, 0.05) is 154 Å². The Kier molecular flexibility index (Phi) is 16.7. The van der Waals surface area contributed by atoms with Crippen molar-refractivity contribution in [2.45, 2.75) is 96.8 Å². The highest BCUT2D eigenvalue weighted by molar-refractivity contribution is 6.32. The second-order valence-electron chi connectivity index (χ2n) is 38.4. The molecule has 0 saturated heterocycles. The predicted molar refractivity (Wildman–Crippen MR) is 559 cm³/mol. The highest BCUT2D eigenvalue weighted by atomic mass is 15.2. The fraction of sp³-hybridized carbons (Fsp3) is 0.129. The van der Waals surface area contributed by atoms with Crippen LogP contribution in [0.2, 0.25) is 0 Å². The number of benzene rings is 18. The van der Waals surface area contributed by atoms with Crippen molar-refractivity contribution < 1.29 is 0 Å². The maximum atomic E-state index is 2.58. The van der Waals surface area contributed by atoms with E-state index in [0.717, 1.165) is 69.0 Å². The van der Waals surface area contributed by atoms with Crippen LogP contribution in [0.1, 0.15) is 103 Å². The minimum atomic E-state index is 0.479. The van der Waals surface area contributed by atoms with E-state index in [1.54, 1.807) is 0 Å². The minimum absolute atomic E-state index is 0.479. The summed E-state index contributed by atoms with van der Waals surface area (Å²) in [5.74, 6) is 1.70. The quantitative estimate of drug-likeness (QED) is 0.0965. The molecule has 0 spiro atoms. The molecule has 0 N–H and O–H groups in total. The molecular formula is C124H94N8. The van der Waals surface area contributed by atoms with Crippen molar-refractivity contribution in [1.82, 2.24) is 17.6 Å². The van der Waals surface area contributed by atoms with E-state index in [0.29, 0.717) is 17.8 Å². The Hall–Kier alpha value is -15.6.